The Morgan fingerprint density at radius 2 is 1.95 bits per heavy atom. The molecule has 0 bridgehead atoms. The van der Waals surface area contributed by atoms with E-state index < -0.39 is 18.2 Å². The van der Waals surface area contributed by atoms with Gasteiger partial charge >= 0.3 is 12.6 Å². The molecule has 19 heavy (non-hydrogen) atoms. The Labute approximate surface area is 109 Å². The summed E-state index contributed by atoms with van der Waals surface area (Å²) < 4.78 is 32.6. The summed E-state index contributed by atoms with van der Waals surface area (Å²) in [6, 6.07) is 6.03. The maximum Gasteiger partial charge on any atom is 0.387 e. The number of aliphatic hydroxyl groups is 1. The third kappa shape index (κ3) is 4.82. The average molecular weight is 274 g/mol. The van der Waals surface area contributed by atoms with Crippen LogP contribution in [0.2, 0.25) is 0 Å². The second-order valence-electron chi connectivity index (χ2n) is 4.29. The van der Waals surface area contributed by atoms with Crippen LogP contribution in [0.15, 0.2) is 24.3 Å². The molecule has 6 heteroatoms. The molecule has 0 aliphatic carbocycles. The summed E-state index contributed by atoms with van der Waals surface area (Å²) in [5.74, 6) is -0.636. The van der Waals surface area contributed by atoms with Gasteiger partial charge in [-0.2, -0.15) is 8.78 Å². The molecular weight excluding hydrogens is 258 g/mol. The number of alkyl halides is 2. The van der Waals surface area contributed by atoms with E-state index in [1.807, 2.05) is 0 Å². The Bertz CT molecular complexity index is 415. The summed E-state index contributed by atoms with van der Waals surface area (Å²) in [7, 11) is 1.20. The third-order valence-corrected chi connectivity index (χ3v) is 2.67. The van der Waals surface area contributed by atoms with Crippen molar-refractivity contribution in [2.75, 3.05) is 7.11 Å². The van der Waals surface area contributed by atoms with Crippen molar-refractivity contribution in [2.24, 2.45) is 0 Å². The zero-order valence-electron chi connectivity index (χ0n) is 10.7. The van der Waals surface area contributed by atoms with Crippen LogP contribution in [0.4, 0.5) is 8.78 Å². The van der Waals surface area contributed by atoms with E-state index in [4.69, 9.17) is 0 Å². The van der Waals surface area contributed by atoms with E-state index >= 15 is 0 Å². The Balaban J connectivity index is 2.57. The molecule has 0 heterocycles. The van der Waals surface area contributed by atoms with Crippen molar-refractivity contribution in [1.29, 1.82) is 0 Å². The van der Waals surface area contributed by atoms with E-state index in [0.29, 0.717) is 6.42 Å². The molecule has 0 aliphatic heterocycles. The van der Waals surface area contributed by atoms with Crippen LogP contribution in [-0.4, -0.2) is 30.4 Å². The van der Waals surface area contributed by atoms with Gasteiger partial charge in [-0.25, -0.2) is 4.79 Å². The van der Waals surface area contributed by atoms with E-state index in [9.17, 15) is 18.7 Å². The van der Waals surface area contributed by atoms with Crippen LogP contribution in [0.5, 0.6) is 5.75 Å². The zero-order valence-corrected chi connectivity index (χ0v) is 10.7. The number of hydrogen-bond acceptors (Lipinski definition) is 4. The van der Waals surface area contributed by atoms with Gasteiger partial charge in [-0.1, -0.05) is 12.1 Å². The average Bonchev–Trinajstić information content (AvgIpc) is 2.36. The number of carbonyl (C=O) groups is 1. The molecule has 0 radical (unpaired) electrons. The number of aryl methyl sites for hydroxylation is 1. The number of hydrogen-bond donors (Lipinski definition) is 1. The lowest BCUT2D eigenvalue weighted by Crippen LogP contribution is -2.36. The lowest BCUT2D eigenvalue weighted by Gasteiger charge is -2.19. The Kier molecular flexibility index (Phi) is 5.23. The number of rotatable bonds is 6. The predicted octanol–water partition coefficient (Wildman–Crippen LogP) is 2.14. The van der Waals surface area contributed by atoms with Gasteiger partial charge in [0.15, 0.2) is 5.60 Å². The second kappa shape index (κ2) is 6.47. The van der Waals surface area contributed by atoms with Crippen molar-refractivity contribution in [3.8, 4) is 5.75 Å². The lowest BCUT2D eigenvalue weighted by molar-refractivity contribution is -0.161. The fraction of sp³-hybridized carbons (Fsp3) is 0.462. The van der Waals surface area contributed by atoms with Crippen molar-refractivity contribution < 1.29 is 28.2 Å². The first-order valence-corrected chi connectivity index (χ1v) is 5.69. The van der Waals surface area contributed by atoms with E-state index in [-0.39, 0.29) is 12.2 Å². The molecule has 4 nitrogen and oxygen atoms in total. The maximum absolute atomic E-state index is 11.9. The van der Waals surface area contributed by atoms with Crippen molar-refractivity contribution >= 4 is 5.97 Å². The molecule has 0 aliphatic rings. The van der Waals surface area contributed by atoms with Gasteiger partial charge in [-0.15, -0.1) is 0 Å². The van der Waals surface area contributed by atoms with Gasteiger partial charge in [0.1, 0.15) is 5.75 Å². The summed E-state index contributed by atoms with van der Waals surface area (Å²) in [5.41, 5.74) is -0.766. The fourth-order valence-electron chi connectivity index (χ4n) is 1.55. The molecule has 1 unspecified atom stereocenters. The quantitative estimate of drug-likeness (QED) is 0.807. The van der Waals surface area contributed by atoms with Crippen LogP contribution in [0, 0.1) is 0 Å². The molecule has 0 fully saturated rings. The molecule has 1 aromatic carbocycles. The Morgan fingerprint density at radius 1 is 1.37 bits per heavy atom. The first kappa shape index (κ1) is 15.4. The van der Waals surface area contributed by atoms with Crippen LogP contribution in [0.25, 0.3) is 0 Å². The number of benzene rings is 1. The van der Waals surface area contributed by atoms with Gasteiger partial charge in [0.05, 0.1) is 7.11 Å². The highest BCUT2D eigenvalue weighted by Gasteiger charge is 2.30. The van der Waals surface area contributed by atoms with Crippen LogP contribution >= 0.6 is 0 Å². The van der Waals surface area contributed by atoms with Gasteiger partial charge in [-0.3, -0.25) is 0 Å². The smallest absolute Gasteiger partial charge is 0.387 e. The number of esters is 1. The van der Waals surface area contributed by atoms with E-state index in [1.165, 1.54) is 26.2 Å². The van der Waals surface area contributed by atoms with E-state index in [0.717, 1.165) is 5.56 Å². The molecule has 0 aromatic heterocycles. The molecule has 1 N–H and O–H groups in total. The Hall–Kier alpha value is -1.69. The van der Waals surface area contributed by atoms with Gasteiger partial charge < -0.3 is 14.6 Å². The summed E-state index contributed by atoms with van der Waals surface area (Å²) in [6.45, 7) is -1.49. The monoisotopic (exact) mass is 274 g/mol. The second-order valence-corrected chi connectivity index (χ2v) is 4.29. The first-order chi connectivity index (χ1) is 8.85. The molecular formula is C13H16F2O4. The van der Waals surface area contributed by atoms with Gasteiger partial charge in [0.25, 0.3) is 0 Å². The summed E-state index contributed by atoms with van der Waals surface area (Å²) >= 11 is 0. The summed E-state index contributed by atoms with van der Waals surface area (Å²) in [4.78, 5) is 11.3. The van der Waals surface area contributed by atoms with Crippen molar-refractivity contribution in [3.63, 3.8) is 0 Å². The Morgan fingerprint density at radius 3 is 2.42 bits per heavy atom. The molecule has 0 spiro atoms. The van der Waals surface area contributed by atoms with Crippen molar-refractivity contribution in [1.82, 2.24) is 0 Å². The molecule has 0 amide bonds. The van der Waals surface area contributed by atoms with Crippen LogP contribution in [0.1, 0.15) is 18.9 Å². The van der Waals surface area contributed by atoms with E-state index in [2.05, 4.69) is 9.47 Å². The highest BCUT2D eigenvalue weighted by molar-refractivity contribution is 5.78. The van der Waals surface area contributed by atoms with Gasteiger partial charge in [-0.05, 0) is 37.5 Å². The molecule has 1 aromatic rings. The van der Waals surface area contributed by atoms with Crippen LogP contribution < -0.4 is 4.74 Å². The lowest BCUT2D eigenvalue weighted by atomic mass is 9.97. The first-order valence-electron chi connectivity index (χ1n) is 5.69. The van der Waals surface area contributed by atoms with E-state index in [1.54, 1.807) is 12.1 Å². The van der Waals surface area contributed by atoms with Crippen molar-refractivity contribution in [2.45, 2.75) is 32.0 Å². The minimum Gasteiger partial charge on any atom is -0.467 e. The fourth-order valence-corrected chi connectivity index (χ4v) is 1.55. The minimum absolute atomic E-state index is 0.0680. The number of carbonyl (C=O) groups excluding carboxylic acids is 1. The predicted molar refractivity (Wildman–Crippen MR) is 64.0 cm³/mol. The maximum atomic E-state index is 11.9. The van der Waals surface area contributed by atoms with Gasteiger partial charge in [0.2, 0.25) is 0 Å². The summed E-state index contributed by atoms with van der Waals surface area (Å²) in [5, 5.41) is 9.82. The SMILES string of the molecule is COC(=O)C(C)(O)CCc1ccc(OC(F)F)cc1. The molecule has 0 saturated carbocycles. The standard InChI is InChI=1S/C13H16F2O4/c1-13(17,11(16)18-2)8-7-9-3-5-10(6-4-9)19-12(14)15/h3-6,12,17H,7-8H2,1-2H3. The third-order valence-electron chi connectivity index (χ3n) is 2.67. The topological polar surface area (TPSA) is 55.8 Å². The highest BCUT2D eigenvalue weighted by atomic mass is 19.3. The number of ether oxygens (including phenoxy) is 2. The largest absolute Gasteiger partial charge is 0.467 e. The van der Waals surface area contributed by atoms with Crippen molar-refractivity contribution in [3.05, 3.63) is 29.8 Å². The zero-order chi connectivity index (χ0) is 14.5. The minimum atomic E-state index is -2.86. The van der Waals surface area contributed by atoms with Crippen LogP contribution in [0.3, 0.4) is 0 Å². The summed E-state index contributed by atoms with van der Waals surface area (Å²) in [6.07, 6.45) is 0.589. The molecule has 1 atom stereocenters. The molecule has 106 valence electrons. The molecule has 1 rings (SSSR count). The highest BCUT2D eigenvalue weighted by Crippen LogP contribution is 2.19. The number of halogens is 2. The van der Waals surface area contributed by atoms with Crippen LogP contribution in [-0.2, 0) is 16.0 Å². The normalized spacial score (nSPS) is 14.0. The number of methoxy groups -OCH3 is 1. The molecule has 0 saturated heterocycles. The van der Waals surface area contributed by atoms with Gasteiger partial charge in [0, 0.05) is 0 Å².